The first-order valence-electron chi connectivity index (χ1n) is 5.57. The fourth-order valence-electron chi connectivity index (χ4n) is 1.23. The number of nitrogens with zero attached hydrogens (tertiary/aromatic N) is 1. The van der Waals surface area contributed by atoms with E-state index in [1.807, 2.05) is 24.3 Å². The molecule has 0 radical (unpaired) electrons. The van der Waals surface area contributed by atoms with Crippen LogP contribution in [0.1, 0.15) is 26.3 Å². The molecule has 0 heterocycles. The Bertz CT molecular complexity index is 436. The van der Waals surface area contributed by atoms with Gasteiger partial charge in [0.25, 0.3) is 0 Å². The normalized spacial score (nSPS) is 11.3. The molecule has 0 spiro atoms. The van der Waals surface area contributed by atoms with Crippen LogP contribution in [-0.2, 0) is 4.74 Å². The van der Waals surface area contributed by atoms with Crippen LogP contribution in [0.2, 0.25) is 0 Å². The SMILES string of the molecule is COc1ccccc1/C=N/NC(=O)OC(C)(C)C. The van der Waals surface area contributed by atoms with E-state index in [1.165, 1.54) is 6.21 Å². The fourth-order valence-corrected chi connectivity index (χ4v) is 1.23. The molecule has 18 heavy (non-hydrogen) atoms. The molecular weight excluding hydrogens is 232 g/mol. The second-order valence-corrected chi connectivity index (χ2v) is 4.61. The Morgan fingerprint density at radius 1 is 1.33 bits per heavy atom. The number of methoxy groups -OCH3 is 1. The maximum atomic E-state index is 11.3. The molecule has 0 saturated carbocycles. The molecule has 0 aromatic heterocycles. The molecule has 1 N–H and O–H groups in total. The van der Waals surface area contributed by atoms with Crippen molar-refractivity contribution in [3.63, 3.8) is 0 Å². The Morgan fingerprint density at radius 3 is 2.61 bits per heavy atom. The topological polar surface area (TPSA) is 59.9 Å². The molecule has 1 aromatic carbocycles. The average molecular weight is 250 g/mol. The van der Waals surface area contributed by atoms with Crippen molar-refractivity contribution in [2.75, 3.05) is 7.11 Å². The van der Waals surface area contributed by atoms with Crippen LogP contribution in [0.3, 0.4) is 0 Å². The molecule has 0 bridgehead atoms. The number of benzene rings is 1. The van der Waals surface area contributed by atoms with E-state index in [4.69, 9.17) is 9.47 Å². The van der Waals surface area contributed by atoms with E-state index < -0.39 is 11.7 Å². The maximum absolute atomic E-state index is 11.3. The maximum Gasteiger partial charge on any atom is 0.428 e. The lowest BCUT2D eigenvalue weighted by molar-refractivity contribution is 0.0529. The van der Waals surface area contributed by atoms with E-state index in [-0.39, 0.29) is 0 Å². The van der Waals surface area contributed by atoms with Crippen LogP contribution in [-0.4, -0.2) is 25.0 Å². The monoisotopic (exact) mass is 250 g/mol. The molecule has 5 heteroatoms. The van der Waals surface area contributed by atoms with Gasteiger partial charge in [0.05, 0.1) is 13.3 Å². The summed E-state index contributed by atoms with van der Waals surface area (Å²) in [6.07, 6.45) is 0.914. The van der Waals surface area contributed by atoms with Gasteiger partial charge >= 0.3 is 6.09 Å². The lowest BCUT2D eigenvalue weighted by atomic mass is 10.2. The molecule has 1 rings (SSSR count). The number of rotatable bonds is 3. The average Bonchev–Trinajstić information content (AvgIpc) is 2.27. The van der Waals surface area contributed by atoms with Crippen molar-refractivity contribution in [1.29, 1.82) is 0 Å². The van der Waals surface area contributed by atoms with Crippen molar-refractivity contribution >= 4 is 12.3 Å². The van der Waals surface area contributed by atoms with E-state index in [0.717, 1.165) is 5.56 Å². The fraction of sp³-hybridized carbons (Fsp3) is 0.385. The first kappa shape index (κ1) is 14.0. The summed E-state index contributed by atoms with van der Waals surface area (Å²) in [7, 11) is 1.58. The van der Waals surface area contributed by atoms with Crippen molar-refractivity contribution in [2.24, 2.45) is 5.10 Å². The zero-order valence-electron chi connectivity index (χ0n) is 11.1. The minimum atomic E-state index is -0.589. The number of nitrogens with one attached hydrogen (secondary N) is 1. The van der Waals surface area contributed by atoms with E-state index in [9.17, 15) is 4.79 Å². The van der Waals surface area contributed by atoms with Crippen LogP contribution in [0.15, 0.2) is 29.4 Å². The Balaban J connectivity index is 2.57. The van der Waals surface area contributed by atoms with Gasteiger partial charge < -0.3 is 9.47 Å². The molecule has 0 saturated heterocycles. The lowest BCUT2D eigenvalue weighted by Gasteiger charge is -2.18. The molecular formula is C13H18N2O3. The Kier molecular flexibility index (Phi) is 4.71. The standard InChI is InChI=1S/C13H18N2O3/c1-13(2,3)18-12(16)15-14-9-10-7-5-6-8-11(10)17-4/h5-9H,1-4H3,(H,15,16)/b14-9+. The highest BCUT2D eigenvalue weighted by Gasteiger charge is 2.15. The third-order valence-electron chi connectivity index (χ3n) is 1.90. The largest absolute Gasteiger partial charge is 0.496 e. The molecule has 0 fully saturated rings. The minimum Gasteiger partial charge on any atom is -0.496 e. The Morgan fingerprint density at radius 2 is 2.00 bits per heavy atom. The number of carbonyl (C=O) groups is 1. The molecule has 1 amide bonds. The van der Waals surface area contributed by atoms with Crippen LogP contribution in [0.25, 0.3) is 0 Å². The van der Waals surface area contributed by atoms with Gasteiger partial charge in [0.15, 0.2) is 0 Å². The van der Waals surface area contributed by atoms with E-state index in [2.05, 4.69) is 10.5 Å². The number of ether oxygens (including phenoxy) is 2. The molecule has 98 valence electrons. The van der Waals surface area contributed by atoms with Crippen LogP contribution in [0.5, 0.6) is 5.75 Å². The Hall–Kier alpha value is -2.04. The van der Waals surface area contributed by atoms with Crippen molar-refractivity contribution in [3.05, 3.63) is 29.8 Å². The number of hydrazone groups is 1. The number of hydrogen-bond donors (Lipinski definition) is 1. The second kappa shape index (κ2) is 6.05. The minimum absolute atomic E-state index is 0.538. The van der Waals surface area contributed by atoms with Gasteiger partial charge in [-0.1, -0.05) is 12.1 Å². The molecule has 0 aliphatic carbocycles. The van der Waals surface area contributed by atoms with Gasteiger partial charge in [-0.15, -0.1) is 0 Å². The van der Waals surface area contributed by atoms with Crippen LogP contribution >= 0.6 is 0 Å². The zero-order valence-corrected chi connectivity index (χ0v) is 11.1. The summed E-state index contributed by atoms with van der Waals surface area (Å²) in [5.74, 6) is 0.687. The number of hydrogen-bond acceptors (Lipinski definition) is 4. The first-order valence-corrected chi connectivity index (χ1v) is 5.57. The molecule has 1 aromatic rings. The molecule has 0 aliphatic heterocycles. The van der Waals surface area contributed by atoms with E-state index in [1.54, 1.807) is 27.9 Å². The Labute approximate surface area is 107 Å². The number of amides is 1. The quantitative estimate of drug-likeness (QED) is 0.662. The van der Waals surface area contributed by atoms with Gasteiger partial charge in [-0.2, -0.15) is 5.10 Å². The van der Waals surface area contributed by atoms with Gasteiger partial charge in [-0.25, -0.2) is 10.2 Å². The van der Waals surface area contributed by atoms with Gasteiger partial charge in [0, 0.05) is 5.56 Å². The first-order chi connectivity index (χ1) is 8.42. The van der Waals surface area contributed by atoms with Crippen LogP contribution in [0.4, 0.5) is 4.79 Å². The van der Waals surface area contributed by atoms with Gasteiger partial charge in [0.1, 0.15) is 11.4 Å². The third kappa shape index (κ3) is 4.86. The zero-order chi connectivity index (χ0) is 13.6. The molecule has 0 atom stereocenters. The van der Waals surface area contributed by atoms with Gasteiger partial charge in [-0.05, 0) is 32.9 Å². The summed E-state index contributed by atoms with van der Waals surface area (Å²) < 4.78 is 10.2. The summed E-state index contributed by atoms with van der Waals surface area (Å²) in [6, 6.07) is 7.36. The highest BCUT2D eigenvalue weighted by Crippen LogP contribution is 2.14. The van der Waals surface area contributed by atoms with Crippen molar-refractivity contribution in [3.8, 4) is 5.75 Å². The van der Waals surface area contributed by atoms with Gasteiger partial charge in [-0.3, -0.25) is 0 Å². The summed E-state index contributed by atoms with van der Waals surface area (Å²) in [5, 5.41) is 3.80. The number of para-hydroxylation sites is 1. The van der Waals surface area contributed by atoms with E-state index in [0.29, 0.717) is 5.75 Å². The van der Waals surface area contributed by atoms with Crippen molar-refractivity contribution in [2.45, 2.75) is 26.4 Å². The summed E-state index contributed by atoms with van der Waals surface area (Å²) in [4.78, 5) is 11.3. The second-order valence-electron chi connectivity index (χ2n) is 4.61. The molecule has 0 unspecified atom stereocenters. The van der Waals surface area contributed by atoms with E-state index >= 15 is 0 Å². The summed E-state index contributed by atoms with van der Waals surface area (Å²) in [5.41, 5.74) is 2.53. The highest BCUT2D eigenvalue weighted by atomic mass is 16.6. The summed E-state index contributed by atoms with van der Waals surface area (Å²) >= 11 is 0. The smallest absolute Gasteiger partial charge is 0.428 e. The molecule has 5 nitrogen and oxygen atoms in total. The van der Waals surface area contributed by atoms with Crippen molar-refractivity contribution < 1.29 is 14.3 Å². The summed E-state index contributed by atoms with van der Waals surface area (Å²) in [6.45, 7) is 5.36. The van der Waals surface area contributed by atoms with Crippen LogP contribution in [0, 0.1) is 0 Å². The lowest BCUT2D eigenvalue weighted by Crippen LogP contribution is -2.29. The third-order valence-corrected chi connectivity index (χ3v) is 1.90. The van der Waals surface area contributed by atoms with Gasteiger partial charge in [0.2, 0.25) is 0 Å². The highest BCUT2D eigenvalue weighted by molar-refractivity contribution is 5.84. The van der Waals surface area contributed by atoms with Crippen LogP contribution < -0.4 is 10.2 Å². The predicted octanol–water partition coefficient (Wildman–Crippen LogP) is 2.55. The number of carbonyl (C=O) groups excluding carboxylic acids is 1. The molecule has 0 aliphatic rings. The predicted molar refractivity (Wildman–Crippen MR) is 70.0 cm³/mol. The van der Waals surface area contributed by atoms with Crippen molar-refractivity contribution in [1.82, 2.24) is 5.43 Å².